The maximum atomic E-state index is 3.70. The Kier molecular flexibility index (Phi) is 23.7. The van der Waals surface area contributed by atoms with Gasteiger partial charge in [-0.3, -0.25) is 6.08 Å². The van der Waals surface area contributed by atoms with Gasteiger partial charge in [0, 0.05) is 63.8 Å². The van der Waals surface area contributed by atoms with Gasteiger partial charge in [0.1, 0.15) is 0 Å². The Morgan fingerprint density at radius 3 is 1.88 bits per heavy atom. The molecule has 0 fully saturated rings. The second kappa shape index (κ2) is 11.5. The first-order valence-corrected chi connectivity index (χ1v) is 2.06. The fourth-order valence-electron chi connectivity index (χ4n) is 0.232. The van der Waals surface area contributed by atoms with E-state index in [0.29, 0.717) is 5.92 Å². The molecular formula is C6H10UY-2. The summed E-state index contributed by atoms with van der Waals surface area (Å²) >= 11 is 0. The third-order valence-electron chi connectivity index (χ3n) is 0.465. The van der Waals surface area contributed by atoms with Gasteiger partial charge in [-0.15, -0.1) is 6.92 Å². The molecule has 0 N–H and O–H groups in total. The van der Waals surface area contributed by atoms with Gasteiger partial charge in [-0.25, -0.2) is 18.9 Å². The predicted octanol–water partition coefficient (Wildman–Crippen LogP) is 1.84. The fourth-order valence-corrected chi connectivity index (χ4v) is 0.232. The fraction of sp³-hybridized carbons (Fsp3) is 0.333. The van der Waals surface area contributed by atoms with Crippen LogP contribution in [0.3, 0.4) is 0 Å². The minimum Gasteiger partial charge on any atom is -0.353 e. The monoisotopic (exact) mass is 409 g/mol. The van der Waals surface area contributed by atoms with Gasteiger partial charge in [0.05, 0.1) is 0 Å². The average molecular weight is 409 g/mol. The molecule has 1 unspecified atom stereocenters. The molecule has 0 aliphatic heterocycles. The first-order valence-electron chi connectivity index (χ1n) is 2.06. The molecular weight excluding hydrogens is 399 g/mol. The van der Waals surface area contributed by atoms with Crippen molar-refractivity contribution in [2.75, 3.05) is 0 Å². The van der Waals surface area contributed by atoms with Crippen LogP contribution in [0.4, 0.5) is 0 Å². The molecule has 0 bridgehead atoms. The summed E-state index contributed by atoms with van der Waals surface area (Å²) in [6.45, 7) is 9.22. The molecule has 0 rings (SSSR count). The summed E-state index contributed by atoms with van der Waals surface area (Å²) < 4.78 is 0. The normalized spacial score (nSPS) is 11.8. The quantitative estimate of drug-likeness (QED) is 0.581. The van der Waals surface area contributed by atoms with Gasteiger partial charge in [-0.05, 0) is 0 Å². The van der Waals surface area contributed by atoms with Crippen LogP contribution in [0.25, 0.3) is 0 Å². The zero-order chi connectivity index (χ0) is 4.99. The number of rotatable bonds is 1. The maximum Gasteiger partial charge on any atom is 0 e. The topological polar surface area (TPSA) is 0 Å². The van der Waals surface area contributed by atoms with E-state index in [-0.39, 0.29) is 63.8 Å². The third-order valence-corrected chi connectivity index (χ3v) is 0.465. The average Bonchev–Trinajstić information content (AvgIpc) is 1.35. The summed E-state index contributed by atoms with van der Waals surface area (Å²) in [6.07, 6.45) is 3.71. The van der Waals surface area contributed by atoms with Crippen LogP contribution in [0.5, 0.6) is 0 Å². The van der Waals surface area contributed by atoms with E-state index in [1.807, 2.05) is 13.0 Å². The molecule has 1 radical (unpaired) electrons. The van der Waals surface area contributed by atoms with E-state index in [0.717, 1.165) is 0 Å². The van der Waals surface area contributed by atoms with Crippen LogP contribution in [0.1, 0.15) is 6.92 Å². The molecule has 0 heterocycles. The molecule has 0 saturated heterocycles. The summed E-state index contributed by atoms with van der Waals surface area (Å²) in [5.41, 5.74) is 0. The Balaban J connectivity index is -0.000000125. The Morgan fingerprint density at radius 2 is 1.88 bits per heavy atom. The largest absolute Gasteiger partial charge is 0.353 e. The molecule has 0 aliphatic carbocycles. The molecule has 0 aliphatic rings. The summed E-state index contributed by atoms with van der Waals surface area (Å²) in [4.78, 5) is 0. The van der Waals surface area contributed by atoms with Crippen molar-refractivity contribution in [1.82, 2.24) is 0 Å². The van der Waals surface area contributed by atoms with Crippen LogP contribution in [0.15, 0.2) is 12.2 Å². The van der Waals surface area contributed by atoms with Crippen molar-refractivity contribution in [3.05, 3.63) is 26.0 Å². The Hall–Kier alpha value is 1.77. The SMILES string of the molecule is [CH2-]/C=C\C([CH2-])C.[U].[Y]. The van der Waals surface area contributed by atoms with Crippen LogP contribution in [0, 0.1) is 50.9 Å². The van der Waals surface area contributed by atoms with Gasteiger partial charge < -0.3 is 6.92 Å². The van der Waals surface area contributed by atoms with Gasteiger partial charge in [0.15, 0.2) is 0 Å². The molecule has 0 aromatic rings. The van der Waals surface area contributed by atoms with Crippen LogP contribution >= 0.6 is 0 Å². The van der Waals surface area contributed by atoms with Crippen molar-refractivity contribution in [3.8, 4) is 0 Å². The van der Waals surface area contributed by atoms with Crippen molar-refractivity contribution in [2.24, 2.45) is 5.92 Å². The molecule has 2 heteroatoms. The minimum absolute atomic E-state index is 0. The third kappa shape index (κ3) is 15.7. The predicted molar refractivity (Wildman–Crippen MR) is 29.0 cm³/mol. The van der Waals surface area contributed by atoms with Crippen molar-refractivity contribution >= 4 is 0 Å². The summed E-state index contributed by atoms with van der Waals surface area (Å²) in [7, 11) is 0. The van der Waals surface area contributed by atoms with Gasteiger partial charge in [0.2, 0.25) is 0 Å². The Morgan fingerprint density at radius 1 is 1.50 bits per heavy atom. The van der Waals surface area contributed by atoms with Gasteiger partial charge >= 0.3 is 0 Å². The van der Waals surface area contributed by atoms with E-state index in [1.54, 1.807) is 6.08 Å². The zero-order valence-electron chi connectivity index (χ0n) is 5.22. The standard InChI is InChI=1S/C6H10.U.Y/c1-4-5-6(2)3;;/h4-6H,1-2H2,3H3;;/q-2;;/b5-4-;;. The van der Waals surface area contributed by atoms with Gasteiger partial charge in [-0.2, -0.15) is 0 Å². The van der Waals surface area contributed by atoms with E-state index in [4.69, 9.17) is 0 Å². The van der Waals surface area contributed by atoms with Crippen molar-refractivity contribution in [2.45, 2.75) is 6.92 Å². The number of allylic oxidation sites excluding steroid dienone is 2. The molecule has 43 valence electrons. The Bertz CT molecular complexity index is 50.5. The maximum absolute atomic E-state index is 3.70. The van der Waals surface area contributed by atoms with Crippen molar-refractivity contribution in [1.29, 1.82) is 0 Å². The zero-order valence-corrected chi connectivity index (χ0v) is 12.2. The molecule has 0 aromatic carbocycles. The number of hydrogen-bond donors (Lipinski definition) is 0. The smallest absolute Gasteiger partial charge is 0 e. The number of hydrogen-bond acceptors (Lipinski definition) is 0. The van der Waals surface area contributed by atoms with E-state index in [1.165, 1.54) is 0 Å². The first-order chi connectivity index (χ1) is 2.77. The van der Waals surface area contributed by atoms with E-state index >= 15 is 0 Å². The van der Waals surface area contributed by atoms with Crippen LogP contribution in [-0.2, 0) is 32.7 Å². The first kappa shape index (κ1) is 16.4. The van der Waals surface area contributed by atoms with Gasteiger partial charge in [0.25, 0.3) is 0 Å². The molecule has 0 aromatic heterocycles. The minimum atomic E-state index is 0. The van der Waals surface area contributed by atoms with Crippen LogP contribution in [0.2, 0.25) is 0 Å². The molecule has 8 heavy (non-hydrogen) atoms. The van der Waals surface area contributed by atoms with E-state index in [9.17, 15) is 0 Å². The summed E-state index contributed by atoms with van der Waals surface area (Å²) in [5.74, 6) is 0.405. The second-order valence-electron chi connectivity index (χ2n) is 1.41. The Labute approximate surface area is 101 Å². The second-order valence-corrected chi connectivity index (χ2v) is 1.41. The molecule has 0 saturated carbocycles. The summed E-state index contributed by atoms with van der Waals surface area (Å²) in [5, 5.41) is 0. The van der Waals surface area contributed by atoms with E-state index < -0.39 is 0 Å². The van der Waals surface area contributed by atoms with Crippen molar-refractivity contribution in [3.63, 3.8) is 0 Å². The van der Waals surface area contributed by atoms with Gasteiger partial charge in [-0.1, -0.05) is 0 Å². The van der Waals surface area contributed by atoms with Crippen molar-refractivity contribution < 1.29 is 63.8 Å². The summed E-state index contributed by atoms with van der Waals surface area (Å²) in [6, 6.07) is 0. The molecule has 0 amide bonds. The molecule has 0 spiro atoms. The van der Waals surface area contributed by atoms with Crippen LogP contribution in [-0.4, -0.2) is 0 Å². The molecule has 1 atom stereocenters. The molecule has 0 nitrogen and oxygen atoms in total. The van der Waals surface area contributed by atoms with E-state index in [2.05, 4.69) is 13.8 Å². The van der Waals surface area contributed by atoms with Crippen LogP contribution < -0.4 is 0 Å².